The molecule has 1 rings (SSSR count). The van der Waals surface area contributed by atoms with Crippen molar-refractivity contribution in [3.05, 3.63) is 18.2 Å². The van der Waals surface area contributed by atoms with Gasteiger partial charge in [-0.25, -0.2) is 9.78 Å². The van der Waals surface area contributed by atoms with Crippen LogP contribution in [-0.2, 0) is 16.0 Å². The van der Waals surface area contributed by atoms with Gasteiger partial charge in [-0.05, 0) is 0 Å². The van der Waals surface area contributed by atoms with Crippen LogP contribution in [0.5, 0.6) is 0 Å². The Morgan fingerprint density at radius 3 is 2.26 bits per heavy atom. The van der Waals surface area contributed by atoms with Crippen LogP contribution in [0.1, 0.15) is 5.69 Å². The lowest BCUT2D eigenvalue weighted by Gasteiger charge is -2.25. The quantitative estimate of drug-likeness (QED) is 0.213. The number of aromatic nitrogens is 2. The second-order valence-corrected chi connectivity index (χ2v) is 4.91. The lowest BCUT2D eigenvalue weighted by Crippen LogP contribution is -2.52. The number of H-pyrrole nitrogens is 1. The van der Waals surface area contributed by atoms with Gasteiger partial charge in [-0.15, -0.1) is 0 Å². The molecule has 1 aromatic heterocycles. The Morgan fingerprint density at radius 2 is 1.78 bits per heavy atom. The summed E-state index contributed by atoms with van der Waals surface area (Å²) in [6, 6.07) is -1.11. The normalized spacial score (nSPS) is 17.9. The molecule has 5 atom stereocenters. The zero-order valence-electron chi connectivity index (χ0n) is 11.9. The van der Waals surface area contributed by atoms with Crippen molar-refractivity contribution in [3.8, 4) is 0 Å². The average molecular weight is 333 g/mol. The number of carbonyl (C=O) groups is 2. The van der Waals surface area contributed by atoms with E-state index >= 15 is 0 Å². The SMILES string of the molecule is O=C(O)C(O)C(O)C(O)C(O)CN[C@@H](Cc1cnc[nH]1)C(=O)O. The Labute approximate surface area is 130 Å². The highest BCUT2D eigenvalue weighted by molar-refractivity contribution is 5.74. The van der Waals surface area contributed by atoms with Crippen LogP contribution in [0.25, 0.3) is 0 Å². The molecule has 0 fully saturated rings. The van der Waals surface area contributed by atoms with E-state index in [1.807, 2.05) is 0 Å². The fourth-order valence-corrected chi connectivity index (χ4v) is 1.81. The molecule has 0 spiro atoms. The number of nitrogens with zero attached hydrogens (tertiary/aromatic N) is 1. The minimum atomic E-state index is -2.28. The van der Waals surface area contributed by atoms with Crippen molar-refractivity contribution >= 4 is 11.9 Å². The number of aliphatic hydroxyl groups is 4. The van der Waals surface area contributed by atoms with E-state index in [2.05, 4.69) is 15.3 Å². The molecule has 1 aromatic rings. The Kier molecular flexibility index (Phi) is 7.06. The highest BCUT2D eigenvalue weighted by Gasteiger charge is 2.34. The first-order chi connectivity index (χ1) is 10.7. The van der Waals surface area contributed by atoms with Gasteiger partial charge < -0.3 is 40.9 Å². The summed E-state index contributed by atoms with van der Waals surface area (Å²) in [7, 11) is 0. The summed E-state index contributed by atoms with van der Waals surface area (Å²) in [4.78, 5) is 28.1. The molecule has 1 heterocycles. The predicted molar refractivity (Wildman–Crippen MR) is 73.4 cm³/mol. The summed E-state index contributed by atoms with van der Waals surface area (Å²) in [5.41, 5.74) is 0.529. The molecule has 0 amide bonds. The number of aliphatic carboxylic acids is 2. The molecule has 0 saturated heterocycles. The molecule has 130 valence electrons. The van der Waals surface area contributed by atoms with Crippen molar-refractivity contribution in [2.75, 3.05) is 6.54 Å². The minimum absolute atomic E-state index is 0.0262. The van der Waals surface area contributed by atoms with Crippen molar-refractivity contribution in [2.24, 2.45) is 0 Å². The highest BCUT2D eigenvalue weighted by atomic mass is 16.4. The zero-order chi connectivity index (χ0) is 17.6. The Bertz CT molecular complexity index is 508. The van der Waals surface area contributed by atoms with E-state index < -0.39 is 48.9 Å². The van der Waals surface area contributed by atoms with E-state index in [9.17, 15) is 24.9 Å². The third-order valence-electron chi connectivity index (χ3n) is 3.17. The van der Waals surface area contributed by atoms with Gasteiger partial charge >= 0.3 is 11.9 Å². The van der Waals surface area contributed by atoms with Crippen molar-refractivity contribution in [1.29, 1.82) is 0 Å². The molecule has 0 aromatic carbocycles. The van der Waals surface area contributed by atoms with Gasteiger partial charge in [-0.3, -0.25) is 4.79 Å². The Balaban J connectivity index is 2.55. The minimum Gasteiger partial charge on any atom is -0.480 e. The molecule has 0 saturated carbocycles. The fourth-order valence-electron chi connectivity index (χ4n) is 1.81. The third-order valence-corrected chi connectivity index (χ3v) is 3.17. The standard InChI is InChI=1S/C12H19N3O8/c16-7(8(17)9(18)10(19)12(22)23)3-14-6(11(20)21)1-5-2-13-4-15-5/h2,4,6-10,14,16-19H,1,3H2,(H,13,15)(H,20,21)(H,22,23)/t6-,7?,8?,9?,10?/m0/s1. The monoisotopic (exact) mass is 333 g/mol. The molecule has 0 radical (unpaired) electrons. The average Bonchev–Trinajstić information content (AvgIpc) is 3.01. The molecule has 0 aliphatic carbocycles. The predicted octanol–water partition coefficient (Wildman–Crippen LogP) is -3.48. The van der Waals surface area contributed by atoms with Crippen molar-refractivity contribution in [3.63, 3.8) is 0 Å². The van der Waals surface area contributed by atoms with Crippen LogP contribution in [0.4, 0.5) is 0 Å². The fraction of sp³-hybridized carbons (Fsp3) is 0.583. The van der Waals surface area contributed by atoms with Crippen LogP contribution in [0.2, 0.25) is 0 Å². The van der Waals surface area contributed by atoms with Crippen LogP contribution >= 0.6 is 0 Å². The lowest BCUT2D eigenvalue weighted by atomic mass is 10.0. The summed E-state index contributed by atoms with van der Waals surface area (Å²) >= 11 is 0. The number of hydrogen-bond acceptors (Lipinski definition) is 8. The number of carboxylic acid groups (broad SMARTS) is 2. The van der Waals surface area contributed by atoms with Crippen LogP contribution in [0.3, 0.4) is 0 Å². The second kappa shape index (κ2) is 8.55. The van der Waals surface area contributed by atoms with Gasteiger partial charge in [0.05, 0.1) is 12.4 Å². The van der Waals surface area contributed by atoms with Gasteiger partial charge in [0, 0.05) is 24.9 Å². The smallest absolute Gasteiger partial charge is 0.335 e. The Hall–Kier alpha value is -2.05. The van der Waals surface area contributed by atoms with E-state index in [0.717, 1.165) is 0 Å². The largest absolute Gasteiger partial charge is 0.480 e. The Morgan fingerprint density at radius 1 is 1.13 bits per heavy atom. The number of imidazole rings is 1. The summed E-state index contributed by atoms with van der Waals surface area (Å²) in [5, 5.41) is 57.8. The first kappa shape index (κ1) is 19.0. The van der Waals surface area contributed by atoms with E-state index in [4.69, 9.17) is 15.3 Å². The molecule has 0 aliphatic heterocycles. The molecular weight excluding hydrogens is 314 g/mol. The van der Waals surface area contributed by atoms with E-state index in [-0.39, 0.29) is 6.42 Å². The van der Waals surface area contributed by atoms with Gasteiger partial charge in [0.2, 0.25) is 0 Å². The highest BCUT2D eigenvalue weighted by Crippen LogP contribution is 2.06. The molecule has 23 heavy (non-hydrogen) atoms. The number of aliphatic hydroxyl groups excluding tert-OH is 4. The number of aromatic amines is 1. The maximum Gasteiger partial charge on any atom is 0.335 e. The molecular formula is C12H19N3O8. The molecule has 0 bridgehead atoms. The van der Waals surface area contributed by atoms with Crippen molar-refractivity contribution in [1.82, 2.24) is 15.3 Å². The molecule has 11 nitrogen and oxygen atoms in total. The summed E-state index contributed by atoms with van der Waals surface area (Å²) in [5.74, 6) is -2.98. The van der Waals surface area contributed by atoms with Crippen LogP contribution in [0, 0.1) is 0 Å². The summed E-state index contributed by atoms with van der Waals surface area (Å²) in [6.07, 6.45) is -5.25. The van der Waals surface area contributed by atoms with Crippen LogP contribution in [0.15, 0.2) is 12.5 Å². The topological polar surface area (TPSA) is 196 Å². The van der Waals surface area contributed by atoms with E-state index in [0.29, 0.717) is 5.69 Å². The van der Waals surface area contributed by atoms with E-state index in [1.54, 1.807) is 0 Å². The summed E-state index contributed by atoms with van der Waals surface area (Å²) in [6.45, 7) is -0.449. The third kappa shape index (κ3) is 5.58. The second-order valence-electron chi connectivity index (χ2n) is 4.91. The van der Waals surface area contributed by atoms with Gasteiger partial charge in [-0.1, -0.05) is 0 Å². The first-order valence-electron chi connectivity index (χ1n) is 6.62. The lowest BCUT2D eigenvalue weighted by molar-refractivity contribution is -0.162. The van der Waals surface area contributed by atoms with Crippen molar-refractivity contribution < 1.29 is 40.2 Å². The number of rotatable bonds is 10. The molecule has 8 N–H and O–H groups in total. The first-order valence-corrected chi connectivity index (χ1v) is 6.62. The van der Waals surface area contributed by atoms with Gasteiger partial charge in [0.25, 0.3) is 0 Å². The molecule has 0 aliphatic rings. The van der Waals surface area contributed by atoms with Crippen LogP contribution < -0.4 is 5.32 Å². The number of carboxylic acids is 2. The number of nitrogens with one attached hydrogen (secondary N) is 2. The maximum atomic E-state index is 11.1. The summed E-state index contributed by atoms with van der Waals surface area (Å²) < 4.78 is 0. The van der Waals surface area contributed by atoms with Gasteiger partial charge in [0.15, 0.2) is 6.10 Å². The van der Waals surface area contributed by atoms with E-state index in [1.165, 1.54) is 12.5 Å². The zero-order valence-corrected chi connectivity index (χ0v) is 11.9. The van der Waals surface area contributed by atoms with Crippen LogP contribution in [-0.4, -0.2) is 89.5 Å². The molecule has 4 unspecified atom stereocenters. The number of hydrogen-bond donors (Lipinski definition) is 8. The van der Waals surface area contributed by atoms with Gasteiger partial charge in [0.1, 0.15) is 18.2 Å². The van der Waals surface area contributed by atoms with Crippen molar-refractivity contribution in [2.45, 2.75) is 36.9 Å². The maximum absolute atomic E-state index is 11.1. The molecule has 11 heteroatoms. The van der Waals surface area contributed by atoms with Gasteiger partial charge in [-0.2, -0.15) is 0 Å².